The van der Waals surface area contributed by atoms with E-state index in [1.807, 2.05) is 39.0 Å². The van der Waals surface area contributed by atoms with Crippen molar-refractivity contribution in [1.82, 2.24) is 5.32 Å². The average Bonchev–Trinajstić information content (AvgIpc) is 2.46. The monoisotopic (exact) mass is 307 g/mol. The van der Waals surface area contributed by atoms with Crippen LogP contribution in [0.3, 0.4) is 0 Å². The van der Waals surface area contributed by atoms with Gasteiger partial charge in [-0.3, -0.25) is 4.79 Å². The molecule has 0 radical (unpaired) electrons. The molecule has 0 aliphatic carbocycles. The third-order valence-electron chi connectivity index (χ3n) is 3.52. The van der Waals surface area contributed by atoms with Gasteiger partial charge in [-0.25, -0.2) is 0 Å². The lowest BCUT2D eigenvalue weighted by Gasteiger charge is -2.18. The third-order valence-corrected chi connectivity index (χ3v) is 3.52. The van der Waals surface area contributed by atoms with Gasteiger partial charge in [0, 0.05) is 5.92 Å². The summed E-state index contributed by atoms with van der Waals surface area (Å²) in [7, 11) is 1.63. The molecular formula is C18H29NO3. The SMILES string of the molecule is COc1cc(C(C)NC(=O)C(C)C)ccc1OCCC(C)C. The second-order valence-corrected chi connectivity index (χ2v) is 6.33. The van der Waals surface area contributed by atoms with Gasteiger partial charge in [0.1, 0.15) is 0 Å². The Morgan fingerprint density at radius 3 is 2.36 bits per heavy atom. The van der Waals surface area contributed by atoms with Crippen molar-refractivity contribution in [2.24, 2.45) is 11.8 Å². The zero-order chi connectivity index (χ0) is 16.7. The highest BCUT2D eigenvalue weighted by Crippen LogP contribution is 2.30. The smallest absolute Gasteiger partial charge is 0.223 e. The summed E-state index contributed by atoms with van der Waals surface area (Å²) >= 11 is 0. The van der Waals surface area contributed by atoms with Crippen LogP contribution in [0.25, 0.3) is 0 Å². The Morgan fingerprint density at radius 2 is 1.82 bits per heavy atom. The molecule has 1 N–H and O–H groups in total. The maximum Gasteiger partial charge on any atom is 0.223 e. The van der Waals surface area contributed by atoms with E-state index in [1.54, 1.807) is 7.11 Å². The Balaban J connectivity index is 2.76. The second kappa shape index (κ2) is 8.66. The molecule has 1 rings (SSSR count). The molecule has 124 valence electrons. The summed E-state index contributed by atoms with van der Waals surface area (Å²) in [4.78, 5) is 11.8. The van der Waals surface area contributed by atoms with Crippen LogP contribution in [-0.2, 0) is 4.79 Å². The first-order chi connectivity index (χ1) is 10.3. The Labute approximate surface area is 134 Å². The van der Waals surface area contributed by atoms with Gasteiger partial charge in [0.2, 0.25) is 5.91 Å². The number of carbonyl (C=O) groups excluding carboxylic acids is 1. The first-order valence-electron chi connectivity index (χ1n) is 7.96. The summed E-state index contributed by atoms with van der Waals surface area (Å²) < 4.78 is 11.2. The van der Waals surface area contributed by atoms with Crippen molar-refractivity contribution >= 4 is 5.91 Å². The first kappa shape index (κ1) is 18.3. The molecule has 0 bridgehead atoms. The molecule has 0 aliphatic rings. The molecule has 0 aliphatic heterocycles. The lowest BCUT2D eigenvalue weighted by Crippen LogP contribution is -2.30. The molecule has 0 fully saturated rings. The van der Waals surface area contributed by atoms with E-state index >= 15 is 0 Å². The van der Waals surface area contributed by atoms with Gasteiger partial charge in [0.25, 0.3) is 0 Å². The van der Waals surface area contributed by atoms with Crippen LogP contribution < -0.4 is 14.8 Å². The molecule has 1 aromatic rings. The van der Waals surface area contributed by atoms with Gasteiger partial charge < -0.3 is 14.8 Å². The number of benzene rings is 1. The van der Waals surface area contributed by atoms with Crippen molar-refractivity contribution in [3.63, 3.8) is 0 Å². The number of methoxy groups -OCH3 is 1. The third kappa shape index (κ3) is 5.58. The molecular weight excluding hydrogens is 278 g/mol. The summed E-state index contributed by atoms with van der Waals surface area (Å²) in [5.74, 6) is 2.07. The lowest BCUT2D eigenvalue weighted by molar-refractivity contribution is -0.124. The predicted molar refractivity (Wildman–Crippen MR) is 89.3 cm³/mol. The minimum absolute atomic E-state index is 0.0250. The molecule has 0 spiro atoms. The highest BCUT2D eigenvalue weighted by Gasteiger charge is 2.14. The molecule has 22 heavy (non-hydrogen) atoms. The lowest BCUT2D eigenvalue weighted by atomic mass is 10.1. The van der Waals surface area contributed by atoms with Crippen molar-refractivity contribution in [2.75, 3.05) is 13.7 Å². The molecule has 0 aromatic heterocycles. The normalized spacial score (nSPS) is 12.4. The summed E-state index contributed by atoms with van der Waals surface area (Å²) in [6, 6.07) is 5.74. The van der Waals surface area contributed by atoms with Crippen LogP contribution in [0.4, 0.5) is 0 Å². The Bertz CT molecular complexity index is 483. The number of hydrogen-bond donors (Lipinski definition) is 1. The number of amides is 1. The molecule has 1 amide bonds. The van der Waals surface area contributed by atoms with E-state index in [1.165, 1.54) is 0 Å². The fourth-order valence-electron chi connectivity index (χ4n) is 1.94. The molecule has 4 heteroatoms. The highest BCUT2D eigenvalue weighted by molar-refractivity contribution is 5.78. The standard InChI is InChI=1S/C18H29NO3/c1-12(2)9-10-22-16-8-7-15(11-17(16)21-6)14(5)19-18(20)13(3)4/h7-8,11-14H,9-10H2,1-6H3,(H,19,20). The number of hydrogen-bond acceptors (Lipinski definition) is 3. The fourth-order valence-corrected chi connectivity index (χ4v) is 1.94. The van der Waals surface area contributed by atoms with Crippen LogP contribution >= 0.6 is 0 Å². The first-order valence-corrected chi connectivity index (χ1v) is 7.96. The van der Waals surface area contributed by atoms with Gasteiger partial charge in [-0.15, -0.1) is 0 Å². The number of ether oxygens (including phenoxy) is 2. The maximum absolute atomic E-state index is 11.8. The Kier molecular flexibility index (Phi) is 7.22. The van der Waals surface area contributed by atoms with Crippen molar-refractivity contribution < 1.29 is 14.3 Å². The molecule has 1 unspecified atom stereocenters. The van der Waals surface area contributed by atoms with E-state index < -0.39 is 0 Å². The van der Waals surface area contributed by atoms with Crippen LogP contribution in [0.2, 0.25) is 0 Å². The van der Waals surface area contributed by atoms with E-state index in [4.69, 9.17) is 9.47 Å². The van der Waals surface area contributed by atoms with Gasteiger partial charge in [0.15, 0.2) is 11.5 Å². The molecule has 1 atom stereocenters. The summed E-state index contributed by atoms with van der Waals surface area (Å²) in [6.07, 6.45) is 1.01. The van der Waals surface area contributed by atoms with Gasteiger partial charge in [-0.2, -0.15) is 0 Å². The molecule has 0 saturated carbocycles. The largest absolute Gasteiger partial charge is 0.493 e. The van der Waals surface area contributed by atoms with Gasteiger partial charge in [-0.05, 0) is 37.0 Å². The minimum Gasteiger partial charge on any atom is -0.493 e. The van der Waals surface area contributed by atoms with Crippen LogP contribution in [-0.4, -0.2) is 19.6 Å². The zero-order valence-corrected chi connectivity index (χ0v) is 14.6. The van der Waals surface area contributed by atoms with Gasteiger partial charge >= 0.3 is 0 Å². The molecule has 0 heterocycles. The zero-order valence-electron chi connectivity index (χ0n) is 14.6. The fraction of sp³-hybridized carbons (Fsp3) is 0.611. The van der Waals surface area contributed by atoms with E-state index in [2.05, 4.69) is 19.2 Å². The Morgan fingerprint density at radius 1 is 1.14 bits per heavy atom. The van der Waals surface area contributed by atoms with Crippen molar-refractivity contribution in [2.45, 2.75) is 47.1 Å². The van der Waals surface area contributed by atoms with Crippen LogP contribution in [0.5, 0.6) is 11.5 Å². The van der Waals surface area contributed by atoms with E-state index in [9.17, 15) is 4.79 Å². The summed E-state index contributed by atoms with van der Waals surface area (Å²) in [5.41, 5.74) is 1.00. The van der Waals surface area contributed by atoms with Crippen molar-refractivity contribution in [3.05, 3.63) is 23.8 Å². The molecule has 4 nitrogen and oxygen atoms in total. The van der Waals surface area contributed by atoms with Crippen LogP contribution in [0.1, 0.15) is 52.6 Å². The van der Waals surface area contributed by atoms with Crippen molar-refractivity contribution in [1.29, 1.82) is 0 Å². The van der Waals surface area contributed by atoms with E-state index in [-0.39, 0.29) is 17.9 Å². The van der Waals surface area contributed by atoms with Gasteiger partial charge in [-0.1, -0.05) is 33.8 Å². The van der Waals surface area contributed by atoms with Crippen LogP contribution in [0, 0.1) is 11.8 Å². The maximum atomic E-state index is 11.8. The second-order valence-electron chi connectivity index (χ2n) is 6.33. The van der Waals surface area contributed by atoms with Gasteiger partial charge in [0.05, 0.1) is 19.8 Å². The number of nitrogens with one attached hydrogen (secondary N) is 1. The number of rotatable bonds is 8. The average molecular weight is 307 g/mol. The summed E-state index contributed by atoms with van der Waals surface area (Å²) in [6.45, 7) is 10.7. The van der Waals surface area contributed by atoms with E-state index in [0.29, 0.717) is 18.3 Å². The topological polar surface area (TPSA) is 47.6 Å². The summed E-state index contributed by atoms with van der Waals surface area (Å²) in [5, 5.41) is 2.99. The van der Waals surface area contributed by atoms with E-state index in [0.717, 1.165) is 17.7 Å². The molecule has 0 saturated heterocycles. The highest BCUT2D eigenvalue weighted by atomic mass is 16.5. The molecule has 1 aromatic carbocycles. The Hall–Kier alpha value is -1.71. The number of carbonyl (C=O) groups is 1. The quantitative estimate of drug-likeness (QED) is 0.791. The van der Waals surface area contributed by atoms with Crippen LogP contribution in [0.15, 0.2) is 18.2 Å². The predicted octanol–water partition coefficient (Wildman–Crippen LogP) is 3.95. The minimum atomic E-state index is -0.0616. The van der Waals surface area contributed by atoms with Crippen molar-refractivity contribution in [3.8, 4) is 11.5 Å².